The zero-order valence-electron chi connectivity index (χ0n) is 11.9. The average Bonchev–Trinajstić information content (AvgIpc) is 2.46. The van der Waals surface area contributed by atoms with Gasteiger partial charge in [0.2, 0.25) is 15.9 Å². The standard InChI is InChI=1S/C15H15BrN2O3S/c1-22(20,21)18(14-10-6-5-9-13(14)16)11-15(19)17-12-7-3-2-4-8-12/h2-10H,11H2,1H3,(H,17,19). The van der Waals surface area contributed by atoms with Crippen LogP contribution in [0.1, 0.15) is 0 Å². The number of carbonyl (C=O) groups is 1. The highest BCUT2D eigenvalue weighted by molar-refractivity contribution is 9.10. The molecule has 0 saturated heterocycles. The number of rotatable bonds is 5. The van der Waals surface area contributed by atoms with Crippen LogP contribution in [0.4, 0.5) is 11.4 Å². The zero-order chi connectivity index (χ0) is 16.2. The summed E-state index contributed by atoms with van der Waals surface area (Å²) in [4.78, 5) is 12.1. The predicted octanol–water partition coefficient (Wildman–Crippen LogP) is 2.85. The van der Waals surface area contributed by atoms with Crippen molar-refractivity contribution in [1.82, 2.24) is 0 Å². The van der Waals surface area contributed by atoms with Crippen LogP contribution >= 0.6 is 15.9 Å². The third-order valence-electron chi connectivity index (χ3n) is 2.87. The normalized spacial score (nSPS) is 11.0. The Bertz CT molecular complexity index is 763. The fraction of sp³-hybridized carbons (Fsp3) is 0.133. The van der Waals surface area contributed by atoms with Gasteiger partial charge in [-0.25, -0.2) is 8.42 Å². The van der Waals surface area contributed by atoms with Crippen LogP contribution in [0.3, 0.4) is 0 Å². The van der Waals surface area contributed by atoms with Crippen molar-refractivity contribution in [3.8, 4) is 0 Å². The first-order valence-electron chi connectivity index (χ1n) is 6.45. The molecule has 7 heteroatoms. The summed E-state index contributed by atoms with van der Waals surface area (Å²) in [5.41, 5.74) is 1.04. The first-order valence-corrected chi connectivity index (χ1v) is 9.09. The summed E-state index contributed by atoms with van der Waals surface area (Å²) in [6.07, 6.45) is 1.07. The molecule has 0 unspecified atom stereocenters. The van der Waals surface area contributed by atoms with Gasteiger partial charge in [-0.2, -0.15) is 0 Å². The van der Waals surface area contributed by atoms with Gasteiger partial charge in [0, 0.05) is 10.2 Å². The fourth-order valence-electron chi connectivity index (χ4n) is 1.89. The summed E-state index contributed by atoms with van der Waals surface area (Å²) in [5.74, 6) is -0.410. The van der Waals surface area contributed by atoms with Crippen LogP contribution in [0.15, 0.2) is 59.1 Å². The minimum absolute atomic E-state index is 0.295. The molecule has 5 nitrogen and oxygen atoms in total. The Morgan fingerprint density at radius 2 is 1.68 bits per heavy atom. The fourth-order valence-corrected chi connectivity index (χ4v) is 3.37. The molecule has 0 bridgehead atoms. The van der Waals surface area contributed by atoms with Crippen molar-refractivity contribution in [3.63, 3.8) is 0 Å². The third-order valence-corrected chi connectivity index (χ3v) is 4.66. The minimum atomic E-state index is -3.59. The van der Waals surface area contributed by atoms with Gasteiger partial charge in [0.05, 0.1) is 11.9 Å². The van der Waals surface area contributed by atoms with Crippen molar-refractivity contribution in [2.24, 2.45) is 0 Å². The number of nitrogens with one attached hydrogen (secondary N) is 1. The number of hydrogen-bond acceptors (Lipinski definition) is 3. The topological polar surface area (TPSA) is 66.5 Å². The molecular weight excluding hydrogens is 368 g/mol. The van der Waals surface area contributed by atoms with E-state index >= 15 is 0 Å². The smallest absolute Gasteiger partial charge is 0.245 e. The van der Waals surface area contributed by atoms with Crippen molar-refractivity contribution < 1.29 is 13.2 Å². The average molecular weight is 383 g/mol. The van der Waals surface area contributed by atoms with Gasteiger partial charge in [-0.05, 0) is 40.2 Å². The molecule has 0 aliphatic rings. The Morgan fingerprint density at radius 3 is 2.27 bits per heavy atom. The minimum Gasteiger partial charge on any atom is -0.325 e. The molecule has 2 aromatic rings. The first-order chi connectivity index (χ1) is 10.4. The summed E-state index contributed by atoms with van der Waals surface area (Å²) in [6.45, 7) is -0.295. The quantitative estimate of drug-likeness (QED) is 0.864. The molecule has 2 aromatic carbocycles. The second-order valence-electron chi connectivity index (χ2n) is 4.64. The largest absolute Gasteiger partial charge is 0.325 e. The van der Waals surface area contributed by atoms with E-state index in [9.17, 15) is 13.2 Å². The lowest BCUT2D eigenvalue weighted by Gasteiger charge is -2.23. The highest BCUT2D eigenvalue weighted by atomic mass is 79.9. The number of halogens is 1. The predicted molar refractivity (Wildman–Crippen MR) is 91.4 cm³/mol. The van der Waals surface area contributed by atoms with E-state index in [-0.39, 0.29) is 6.54 Å². The molecule has 0 heterocycles. The van der Waals surface area contributed by atoms with E-state index in [1.165, 1.54) is 0 Å². The maximum absolute atomic E-state index is 12.1. The second kappa shape index (κ2) is 6.93. The van der Waals surface area contributed by atoms with Gasteiger partial charge in [0.15, 0.2) is 0 Å². The molecule has 1 N–H and O–H groups in total. The zero-order valence-corrected chi connectivity index (χ0v) is 14.3. The number of benzene rings is 2. The van der Waals surface area contributed by atoms with Gasteiger partial charge in [0.25, 0.3) is 0 Å². The maximum Gasteiger partial charge on any atom is 0.245 e. The van der Waals surface area contributed by atoms with E-state index in [2.05, 4.69) is 21.2 Å². The summed E-state index contributed by atoms with van der Waals surface area (Å²) in [6, 6.07) is 15.7. The van der Waals surface area contributed by atoms with Crippen LogP contribution in [0.2, 0.25) is 0 Å². The summed E-state index contributed by atoms with van der Waals surface area (Å²) < 4.78 is 25.7. The Kier molecular flexibility index (Phi) is 5.20. The molecule has 22 heavy (non-hydrogen) atoms. The third kappa shape index (κ3) is 4.32. The van der Waals surface area contributed by atoms with E-state index in [1.54, 1.807) is 48.5 Å². The van der Waals surface area contributed by atoms with Crippen molar-refractivity contribution in [2.45, 2.75) is 0 Å². The van der Waals surface area contributed by atoms with E-state index in [0.717, 1.165) is 10.6 Å². The van der Waals surface area contributed by atoms with Crippen LogP contribution in [0, 0.1) is 0 Å². The lowest BCUT2D eigenvalue weighted by molar-refractivity contribution is -0.114. The maximum atomic E-state index is 12.1. The van der Waals surface area contributed by atoms with E-state index in [1.807, 2.05) is 6.07 Å². The van der Waals surface area contributed by atoms with Crippen molar-refractivity contribution in [2.75, 3.05) is 22.4 Å². The van der Waals surface area contributed by atoms with E-state index in [0.29, 0.717) is 15.8 Å². The Labute approximate surface area is 138 Å². The van der Waals surface area contributed by atoms with Gasteiger partial charge >= 0.3 is 0 Å². The number of carbonyl (C=O) groups excluding carboxylic acids is 1. The van der Waals surface area contributed by atoms with Gasteiger partial charge in [-0.15, -0.1) is 0 Å². The molecule has 0 aliphatic carbocycles. The molecule has 116 valence electrons. The highest BCUT2D eigenvalue weighted by Crippen LogP contribution is 2.27. The number of anilines is 2. The summed E-state index contributed by atoms with van der Waals surface area (Å²) in [5, 5.41) is 2.67. The Morgan fingerprint density at radius 1 is 1.09 bits per heavy atom. The van der Waals surface area contributed by atoms with Gasteiger partial charge < -0.3 is 5.32 Å². The first kappa shape index (κ1) is 16.5. The summed E-state index contributed by atoms with van der Waals surface area (Å²) in [7, 11) is -3.59. The van der Waals surface area contributed by atoms with Crippen LogP contribution in [0.25, 0.3) is 0 Å². The molecule has 1 amide bonds. The Hall–Kier alpha value is -1.86. The molecule has 0 fully saturated rings. The molecule has 2 rings (SSSR count). The van der Waals surface area contributed by atoms with Crippen LogP contribution in [0.5, 0.6) is 0 Å². The SMILES string of the molecule is CS(=O)(=O)N(CC(=O)Nc1ccccc1)c1ccccc1Br. The van der Waals surface area contributed by atoms with Gasteiger partial charge in [0.1, 0.15) is 6.54 Å². The number of para-hydroxylation sites is 2. The van der Waals surface area contributed by atoms with E-state index in [4.69, 9.17) is 0 Å². The lowest BCUT2D eigenvalue weighted by atomic mass is 10.3. The van der Waals surface area contributed by atoms with Crippen LogP contribution in [-0.4, -0.2) is 27.1 Å². The Balaban J connectivity index is 2.22. The summed E-state index contributed by atoms with van der Waals surface area (Å²) >= 11 is 3.31. The van der Waals surface area contributed by atoms with Gasteiger partial charge in [-0.1, -0.05) is 30.3 Å². The molecule has 0 aromatic heterocycles. The highest BCUT2D eigenvalue weighted by Gasteiger charge is 2.22. The number of hydrogen-bond donors (Lipinski definition) is 1. The van der Waals surface area contributed by atoms with Crippen molar-refractivity contribution in [3.05, 3.63) is 59.1 Å². The van der Waals surface area contributed by atoms with Gasteiger partial charge in [-0.3, -0.25) is 9.10 Å². The molecule has 0 radical (unpaired) electrons. The van der Waals surface area contributed by atoms with Crippen LogP contribution < -0.4 is 9.62 Å². The van der Waals surface area contributed by atoms with E-state index < -0.39 is 15.9 Å². The molecule has 0 spiro atoms. The number of nitrogens with zero attached hydrogens (tertiary/aromatic N) is 1. The second-order valence-corrected chi connectivity index (χ2v) is 7.40. The van der Waals surface area contributed by atoms with Crippen molar-refractivity contribution in [1.29, 1.82) is 0 Å². The van der Waals surface area contributed by atoms with Crippen LogP contribution in [-0.2, 0) is 14.8 Å². The monoisotopic (exact) mass is 382 g/mol. The van der Waals surface area contributed by atoms with Crippen molar-refractivity contribution >= 4 is 43.2 Å². The molecule has 0 atom stereocenters. The molecule has 0 saturated carbocycles. The lowest BCUT2D eigenvalue weighted by Crippen LogP contribution is -2.37. The molecular formula is C15H15BrN2O3S. The number of amides is 1. The molecule has 0 aliphatic heterocycles. The number of sulfonamides is 1.